The summed E-state index contributed by atoms with van der Waals surface area (Å²) in [5.41, 5.74) is 2.06. The molecule has 8 heteroatoms. The van der Waals surface area contributed by atoms with Gasteiger partial charge in [-0.05, 0) is 98.2 Å². The first kappa shape index (κ1) is 31.1. The quantitative estimate of drug-likeness (QED) is 0.323. The number of hydrogen-bond donors (Lipinski definition) is 3. The molecule has 44 heavy (non-hydrogen) atoms. The minimum atomic E-state index is -0.129. The molecule has 3 saturated carbocycles. The van der Waals surface area contributed by atoms with Gasteiger partial charge in [0.1, 0.15) is 12.1 Å². The number of nitrogens with zero attached hydrogens (tertiary/aromatic N) is 2. The van der Waals surface area contributed by atoms with E-state index in [9.17, 15) is 9.59 Å². The molecule has 2 amide bonds. The second-order valence-corrected chi connectivity index (χ2v) is 16.6. The van der Waals surface area contributed by atoms with Gasteiger partial charge in [0.2, 0.25) is 11.8 Å². The zero-order chi connectivity index (χ0) is 30.9. The van der Waals surface area contributed by atoms with Crippen molar-refractivity contribution in [1.29, 1.82) is 0 Å². The average Bonchev–Trinajstić information content (AvgIpc) is 3.45. The Morgan fingerprint density at radius 2 is 1.86 bits per heavy atom. The molecule has 0 radical (unpaired) electrons. The Morgan fingerprint density at radius 3 is 2.59 bits per heavy atom. The Kier molecular flexibility index (Phi) is 8.24. The fourth-order valence-corrected chi connectivity index (χ4v) is 11.9. The van der Waals surface area contributed by atoms with E-state index < -0.39 is 0 Å². The van der Waals surface area contributed by atoms with E-state index in [1.807, 2.05) is 0 Å². The molecular weight excluding hydrogens is 552 g/mol. The monoisotopic (exact) mass is 610 g/mol. The van der Waals surface area contributed by atoms with Gasteiger partial charge in [0.25, 0.3) is 0 Å². The Balaban J connectivity index is 0.966. The van der Waals surface area contributed by atoms with E-state index in [0.717, 1.165) is 69.0 Å². The lowest BCUT2D eigenvalue weighted by Gasteiger charge is -2.58. The van der Waals surface area contributed by atoms with Crippen molar-refractivity contribution < 1.29 is 19.4 Å². The van der Waals surface area contributed by atoms with Gasteiger partial charge in [0.05, 0.1) is 12.7 Å². The number of fused-ring (bicyclic) bond motifs is 7. The first-order chi connectivity index (χ1) is 21.1. The van der Waals surface area contributed by atoms with Crippen LogP contribution in [0.1, 0.15) is 91.9 Å². The van der Waals surface area contributed by atoms with Gasteiger partial charge in [0.15, 0.2) is 0 Å². The Morgan fingerprint density at radius 1 is 1.07 bits per heavy atom. The van der Waals surface area contributed by atoms with Crippen molar-refractivity contribution in [1.82, 2.24) is 20.4 Å². The number of amides is 2. The fourth-order valence-electron chi connectivity index (χ4n) is 11.9. The number of hydrogen-bond acceptors (Lipinski definition) is 6. The lowest BCUT2D eigenvalue weighted by molar-refractivity contribution is -0.137. The molecule has 0 aromatic rings. The molecule has 3 N–H and O–H groups in total. The third-order valence-corrected chi connectivity index (χ3v) is 14.4. The van der Waals surface area contributed by atoms with E-state index in [1.165, 1.54) is 32.1 Å². The smallest absolute Gasteiger partial charge is 0.232 e. The Bertz CT molecular complexity index is 1140. The number of piperidine rings is 1. The number of allylic oxidation sites excluding steroid dienone is 1. The SMILES string of the molecule is C[C@@H]1CC[C@@]2(NC1)O[C@H]1C[C@H]3[C@@H]4CC=C5C[C@H](NC(=O)CC(=O)N6CCN(CCO)CC6)CC[C@]5(C)[C@H]4CC[C@]3(C)[C@H]1[C@@H]2C. The number of carbonyl (C=O) groups is 2. The van der Waals surface area contributed by atoms with Gasteiger partial charge in [-0.1, -0.05) is 39.3 Å². The Labute approximate surface area is 265 Å². The summed E-state index contributed by atoms with van der Waals surface area (Å²) in [6, 6.07) is 0.128. The maximum absolute atomic E-state index is 13.0. The van der Waals surface area contributed by atoms with Crippen LogP contribution in [0.25, 0.3) is 0 Å². The van der Waals surface area contributed by atoms with Crippen LogP contribution in [0.5, 0.6) is 0 Å². The van der Waals surface area contributed by atoms with E-state index in [4.69, 9.17) is 9.84 Å². The third-order valence-electron chi connectivity index (χ3n) is 14.4. The number of β-amino-alcohol motifs (C(OH)–C–C–N with tert-alkyl or cyclic N) is 1. The van der Waals surface area contributed by atoms with Crippen LogP contribution in [0.4, 0.5) is 0 Å². The van der Waals surface area contributed by atoms with Gasteiger partial charge >= 0.3 is 0 Å². The van der Waals surface area contributed by atoms with E-state index in [2.05, 4.69) is 49.3 Å². The summed E-state index contributed by atoms with van der Waals surface area (Å²) in [7, 11) is 0. The molecule has 3 heterocycles. The highest BCUT2D eigenvalue weighted by Gasteiger charge is 2.68. The summed E-state index contributed by atoms with van der Waals surface area (Å²) in [4.78, 5) is 29.8. The molecule has 3 saturated heterocycles. The van der Waals surface area contributed by atoms with Crippen LogP contribution in [0, 0.1) is 46.3 Å². The lowest BCUT2D eigenvalue weighted by Crippen LogP contribution is -2.57. The summed E-state index contributed by atoms with van der Waals surface area (Å²) >= 11 is 0. The van der Waals surface area contributed by atoms with Crippen LogP contribution >= 0.6 is 0 Å². The maximum atomic E-state index is 13.0. The van der Waals surface area contributed by atoms with Gasteiger partial charge in [0, 0.05) is 51.2 Å². The zero-order valence-electron chi connectivity index (χ0n) is 27.8. The van der Waals surface area contributed by atoms with Crippen molar-refractivity contribution in [2.75, 3.05) is 45.9 Å². The second kappa shape index (κ2) is 11.6. The van der Waals surface area contributed by atoms with Crippen LogP contribution in [-0.4, -0.2) is 90.5 Å². The van der Waals surface area contributed by atoms with Crippen molar-refractivity contribution in [3.05, 3.63) is 11.6 Å². The predicted molar refractivity (Wildman–Crippen MR) is 170 cm³/mol. The molecule has 0 unspecified atom stereocenters. The molecular formula is C36H58N4O4. The first-order valence-electron chi connectivity index (χ1n) is 18.1. The molecule has 0 bridgehead atoms. The molecule has 6 fully saturated rings. The molecule has 7 rings (SSSR count). The molecule has 1 spiro atoms. The molecule has 0 aromatic heterocycles. The highest BCUT2D eigenvalue weighted by atomic mass is 16.5. The third kappa shape index (κ3) is 5.09. The van der Waals surface area contributed by atoms with Gasteiger partial charge in [-0.15, -0.1) is 0 Å². The number of rotatable bonds is 5. The second-order valence-electron chi connectivity index (χ2n) is 16.6. The zero-order valence-corrected chi connectivity index (χ0v) is 27.8. The van der Waals surface area contributed by atoms with Crippen molar-refractivity contribution in [2.45, 2.75) is 110 Å². The largest absolute Gasteiger partial charge is 0.395 e. The molecule has 3 aliphatic heterocycles. The van der Waals surface area contributed by atoms with Crippen LogP contribution in [0.3, 0.4) is 0 Å². The minimum Gasteiger partial charge on any atom is -0.395 e. The summed E-state index contributed by atoms with van der Waals surface area (Å²) in [5, 5.41) is 16.3. The lowest BCUT2D eigenvalue weighted by atomic mass is 9.46. The summed E-state index contributed by atoms with van der Waals surface area (Å²) in [5.74, 6) is 3.97. The molecule has 11 atom stereocenters. The molecule has 0 aromatic carbocycles. The molecule has 4 aliphatic carbocycles. The summed E-state index contributed by atoms with van der Waals surface area (Å²) in [6.07, 6.45) is 13.4. The fraction of sp³-hybridized carbons (Fsp3) is 0.889. The number of piperazine rings is 1. The summed E-state index contributed by atoms with van der Waals surface area (Å²) in [6.45, 7) is 14.7. The van der Waals surface area contributed by atoms with Crippen molar-refractivity contribution in [3.8, 4) is 0 Å². The van der Waals surface area contributed by atoms with Gasteiger partial charge in [-0.2, -0.15) is 0 Å². The van der Waals surface area contributed by atoms with Crippen LogP contribution < -0.4 is 10.6 Å². The van der Waals surface area contributed by atoms with Gasteiger partial charge < -0.3 is 20.1 Å². The normalized spacial score (nSPS) is 46.9. The van der Waals surface area contributed by atoms with Crippen molar-refractivity contribution >= 4 is 11.8 Å². The van der Waals surface area contributed by atoms with Crippen molar-refractivity contribution in [3.63, 3.8) is 0 Å². The highest BCUT2D eigenvalue weighted by molar-refractivity contribution is 5.97. The van der Waals surface area contributed by atoms with E-state index in [0.29, 0.717) is 43.0 Å². The van der Waals surface area contributed by atoms with Crippen LogP contribution in [0.15, 0.2) is 11.6 Å². The average molecular weight is 611 g/mol. The number of carbonyl (C=O) groups excluding carboxylic acids is 2. The van der Waals surface area contributed by atoms with Crippen LogP contribution in [-0.2, 0) is 14.3 Å². The number of ether oxygens (including phenoxy) is 1. The Hall–Kier alpha value is -1.48. The first-order valence-corrected chi connectivity index (χ1v) is 18.1. The van der Waals surface area contributed by atoms with E-state index in [-0.39, 0.29) is 42.0 Å². The minimum absolute atomic E-state index is 0.0591. The highest BCUT2D eigenvalue weighted by Crippen LogP contribution is 2.70. The molecule has 8 nitrogen and oxygen atoms in total. The molecule has 246 valence electrons. The van der Waals surface area contributed by atoms with Gasteiger partial charge in [-0.25, -0.2) is 0 Å². The number of nitrogens with one attached hydrogen (secondary N) is 2. The predicted octanol–water partition coefficient (Wildman–Crippen LogP) is 3.94. The topological polar surface area (TPSA) is 94.1 Å². The summed E-state index contributed by atoms with van der Waals surface area (Å²) < 4.78 is 7.07. The van der Waals surface area contributed by atoms with E-state index >= 15 is 0 Å². The van der Waals surface area contributed by atoms with E-state index in [1.54, 1.807) is 10.5 Å². The van der Waals surface area contributed by atoms with Gasteiger partial charge in [-0.3, -0.25) is 19.8 Å². The molecule has 7 aliphatic rings. The maximum Gasteiger partial charge on any atom is 0.232 e. The van der Waals surface area contributed by atoms with Crippen molar-refractivity contribution in [2.24, 2.45) is 46.3 Å². The number of aliphatic hydroxyl groups excluding tert-OH is 1. The van der Waals surface area contributed by atoms with Crippen LogP contribution in [0.2, 0.25) is 0 Å². The number of aliphatic hydroxyl groups is 1. The standard InChI is InChI=1S/C36H58N4O4/c1-23-7-12-36(37-22-23)24(2)33-30(44-36)20-29-27-6-5-25-19-26(8-10-34(25,3)28(27)9-11-35(29,33)4)38-31(42)21-32(43)40-15-13-39(14-16-40)17-18-41/h5,23-24,26-30,33,37,41H,6-22H2,1-4H3,(H,38,42)/t23-,24+,26-,27-,28+,29+,30+,33+,34+,35+,36-/m1/s1.